The highest BCUT2D eigenvalue weighted by molar-refractivity contribution is 6.01. The Labute approximate surface area is 110 Å². The van der Waals surface area contributed by atoms with Gasteiger partial charge in [0.15, 0.2) is 0 Å². The molecule has 0 aliphatic heterocycles. The van der Waals surface area contributed by atoms with Gasteiger partial charge in [-0.05, 0) is 31.9 Å². The first-order valence-electron chi connectivity index (χ1n) is 6.14. The molecule has 0 bridgehead atoms. The summed E-state index contributed by atoms with van der Waals surface area (Å²) in [6.45, 7) is 9.93. The Kier molecular flexibility index (Phi) is 5.31. The molecule has 0 saturated carbocycles. The van der Waals surface area contributed by atoms with Crippen molar-refractivity contribution in [1.82, 2.24) is 0 Å². The van der Waals surface area contributed by atoms with E-state index in [-0.39, 0.29) is 0 Å². The molecule has 0 aromatic heterocycles. The minimum absolute atomic E-state index is 0.603. The summed E-state index contributed by atoms with van der Waals surface area (Å²) in [5.74, 6) is 0. The number of allylic oxidation sites excluding steroid dienone is 5. The summed E-state index contributed by atoms with van der Waals surface area (Å²) in [6.07, 6.45) is 6.37. The maximum absolute atomic E-state index is 8.11. The molecule has 0 heterocycles. The highest BCUT2D eigenvalue weighted by Gasteiger charge is 2.02. The van der Waals surface area contributed by atoms with Crippen molar-refractivity contribution < 1.29 is 0 Å². The van der Waals surface area contributed by atoms with E-state index in [4.69, 9.17) is 5.41 Å². The van der Waals surface area contributed by atoms with Crippen molar-refractivity contribution >= 4 is 5.71 Å². The Morgan fingerprint density at radius 3 is 2.28 bits per heavy atom. The predicted octanol–water partition coefficient (Wildman–Crippen LogP) is 4.64. The fourth-order valence-corrected chi connectivity index (χ4v) is 1.56. The molecule has 1 heteroatoms. The maximum atomic E-state index is 8.11. The molecule has 1 N–H and O–H groups in total. The zero-order valence-electron chi connectivity index (χ0n) is 11.5. The summed E-state index contributed by atoms with van der Waals surface area (Å²) in [4.78, 5) is 0. The van der Waals surface area contributed by atoms with Gasteiger partial charge in [0.2, 0.25) is 0 Å². The lowest BCUT2D eigenvalue weighted by atomic mass is 10.0. The number of aryl methyl sites for hydroxylation is 1. The van der Waals surface area contributed by atoms with Crippen LogP contribution in [-0.2, 0) is 6.42 Å². The zero-order valence-corrected chi connectivity index (χ0v) is 11.5. The molecule has 1 nitrogen and oxygen atoms in total. The molecule has 0 fully saturated rings. The third kappa shape index (κ3) is 4.54. The van der Waals surface area contributed by atoms with E-state index in [1.165, 1.54) is 11.1 Å². The molecule has 0 aliphatic rings. The van der Waals surface area contributed by atoms with Gasteiger partial charge in [0.05, 0.1) is 0 Å². The van der Waals surface area contributed by atoms with Gasteiger partial charge in [0.25, 0.3) is 0 Å². The second kappa shape index (κ2) is 6.75. The molecular formula is C17H21N. The van der Waals surface area contributed by atoms with Crippen molar-refractivity contribution in [3.05, 3.63) is 71.3 Å². The Bertz CT molecular complexity index is 483. The van der Waals surface area contributed by atoms with Crippen LogP contribution >= 0.6 is 0 Å². The van der Waals surface area contributed by atoms with Gasteiger partial charge >= 0.3 is 0 Å². The van der Waals surface area contributed by atoms with Gasteiger partial charge < -0.3 is 5.41 Å². The topological polar surface area (TPSA) is 23.9 Å². The van der Waals surface area contributed by atoms with Crippen LogP contribution in [0.15, 0.2) is 60.2 Å². The lowest BCUT2D eigenvalue weighted by molar-refractivity contribution is 1.26. The highest BCUT2D eigenvalue weighted by atomic mass is 14.4. The minimum atomic E-state index is 0.603. The quantitative estimate of drug-likeness (QED) is 0.572. The van der Waals surface area contributed by atoms with Crippen LogP contribution in [0.1, 0.15) is 25.0 Å². The number of hydrogen-bond acceptors (Lipinski definition) is 1. The third-order valence-electron chi connectivity index (χ3n) is 2.67. The molecule has 94 valence electrons. The van der Waals surface area contributed by atoms with Crippen molar-refractivity contribution in [2.45, 2.75) is 27.2 Å². The second-order valence-corrected chi connectivity index (χ2v) is 4.71. The minimum Gasteiger partial charge on any atom is -0.304 e. The molecule has 0 unspecified atom stereocenters. The molecule has 1 rings (SSSR count). The van der Waals surface area contributed by atoms with Crippen LogP contribution in [0.3, 0.4) is 0 Å². The van der Waals surface area contributed by atoms with Crippen molar-refractivity contribution in [2.75, 3.05) is 0 Å². The fourth-order valence-electron chi connectivity index (χ4n) is 1.56. The van der Waals surface area contributed by atoms with E-state index in [1.54, 1.807) is 6.08 Å². The van der Waals surface area contributed by atoms with E-state index in [0.29, 0.717) is 12.1 Å². The van der Waals surface area contributed by atoms with E-state index in [0.717, 1.165) is 11.1 Å². The van der Waals surface area contributed by atoms with Gasteiger partial charge in [-0.25, -0.2) is 0 Å². The average molecular weight is 239 g/mol. The summed E-state index contributed by atoms with van der Waals surface area (Å²) >= 11 is 0. The van der Waals surface area contributed by atoms with Crippen molar-refractivity contribution in [1.29, 1.82) is 5.41 Å². The Morgan fingerprint density at radius 1 is 1.17 bits per heavy atom. The smallest absolute Gasteiger partial charge is 0.0429 e. The van der Waals surface area contributed by atoms with Crippen molar-refractivity contribution in [3.63, 3.8) is 0 Å². The lowest BCUT2D eigenvalue weighted by Crippen LogP contribution is -2.03. The molecule has 0 atom stereocenters. The molecule has 0 saturated heterocycles. The standard InChI is InChI=1S/C17H21N/c1-5-16(11-6-13(2)3)17(18)12-15-9-7-14(4)8-10-15/h5-11,18H,1,12H2,2-4H3/b16-11+,18-17?. The Balaban J connectivity index is 2.80. The molecular weight excluding hydrogens is 218 g/mol. The SMILES string of the molecule is C=C/C(=C\C=C(C)C)C(=N)Cc1ccc(C)cc1. The molecule has 1 aromatic rings. The monoisotopic (exact) mass is 239 g/mol. The van der Waals surface area contributed by atoms with Crippen LogP contribution in [0.4, 0.5) is 0 Å². The van der Waals surface area contributed by atoms with E-state index in [1.807, 2.05) is 26.0 Å². The van der Waals surface area contributed by atoms with Crippen LogP contribution in [0, 0.1) is 12.3 Å². The molecule has 0 spiro atoms. The average Bonchev–Trinajstić information content (AvgIpc) is 2.32. The van der Waals surface area contributed by atoms with Crippen LogP contribution in [-0.4, -0.2) is 5.71 Å². The largest absolute Gasteiger partial charge is 0.304 e. The second-order valence-electron chi connectivity index (χ2n) is 4.71. The van der Waals surface area contributed by atoms with Crippen molar-refractivity contribution in [3.8, 4) is 0 Å². The number of benzene rings is 1. The molecule has 18 heavy (non-hydrogen) atoms. The summed E-state index contributed by atoms with van der Waals surface area (Å²) < 4.78 is 0. The maximum Gasteiger partial charge on any atom is 0.0429 e. The number of nitrogens with one attached hydrogen (secondary N) is 1. The first-order chi connectivity index (χ1) is 8.52. The van der Waals surface area contributed by atoms with Crippen molar-refractivity contribution in [2.24, 2.45) is 0 Å². The van der Waals surface area contributed by atoms with Gasteiger partial charge in [0, 0.05) is 12.1 Å². The molecule has 0 radical (unpaired) electrons. The Morgan fingerprint density at radius 2 is 1.78 bits per heavy atom. The number of rotatable bonds is 5. The highest BCUT2D eigenvalue weighted by Crippen LogP contribution is 2.09. The van der Waals surface area contributed by atoms with Crippen LogP contribution in [0.2, 0.25) is 0 Å². The van der Waals surface area contributed by atoms with E-state index in [2.05, 4.69) is 37.8 Å². The van der Waals surface area contributed by atoms with Gasteiger partial charge in [-0.2, -0.15) is 0 Å². The van der Waals surface area contributed by atoms with E-state index >= 15 is 0 Å². The normalized spacial score (nSPS) is 10.9. The first kappa shape index (κ1) is 14.2. The molecule has 1 aromatic carbocycles. The van der Waals surface area contributed by atoms with Crippen LogP contribution in [0.5, 0.6) is 0 Å². The van der Waals surface area contributed by atoms with Gasteiger partial charge in [-0.15, -0.1) is 0 Å². The summed E-state index contributed by atoms with van der Waals surface area (Å²) in [6, 6.07) is 8.31. The summed E-state index contributed by atoms with van der Waals surface area (Å²) in [5.41, 5.74) is 5.12. The lowest BCUT2D eigenvalue weighted by Gasteiger charge is -2.05. The number of hydrogen-bond donors (Lipinski definition) is 1. The third-order valence-corrected chi connectivity index (χ3v) is 2.67. The predicted molar refractivity (Wildman–Crippen MR) is 80.3 cm³/mol. The van der Waals surface area contributed by atoms with Crippen LogP contribution in [0.25, 0.3) is 0 Å². The molecule has 0 aliphatic carbocycles. The van der Waals surface area contributed by atoms with Crippen LogP contribution < -0.4 is 0 Å². The fraction of sp³-hybridized carbons (Fsp3) is 0.235. The van der Waals surface area contributed by atoms with Gasteiger partial charge in [-0.1, -0.05) is 60.2 Å². The summed E-state index contributed by atoms with van der Waals surface area (Å²) in [7, 11) is 0. The van der Waals surface area contributed by atoms with E-state index < -0.39 is 0 Å². The summed E-state index contributed by atoms with van der Waals surface area (Å²) in [5, 5.41) is 8.11. The van der Waals surface area contributed by atoms with E-state index in [9.17, 15) is 0 Å². The van der Waals surface area contributed by atoms with Gasteiger partial charge in [-0.3, -0.25) is 0 Å². The van der Waals surface area contributed by atoms with Gasteiger partial charge in [0.1, 0.15) is 0 Å². The zero-order chi connectivity index (χ0) is 13.5. The first-order valence-corrected chi connectivity index (χ1v) is 6.14. The Hall–Kier alpha value is -1.89. The molecule has 0 amide bonds.